The molecule has 0 radical (unpaired) electrons. The van der Waals surface area contributed by atoms with E-state index in [9.17, 15) is 5.26 Å². The van der Waals surface area contributed by atoms with E-state index in [1.54, 1.807) is 11.3 Å². The van der Waals surface area contributed by atoms with Gasteiger partial charge in [-0.2, -0.15) is 10.2 Å². The fourth-order valence-electron chi connectivity index (χ4n) is 7.73. The third-order valence-electron chi connectivity index (χ3n) is 10.1. The number of rotatable bonds is 6. The first-order valence-electron chi connectivity index (χ1n) is 15.3. The summed E-state index contributed by atoms with van der Waals surface area (Å²) in [5.41, 5.74) is 9.42. The van der Waals surface area contributed by atoms with Crippen molar-refractivity contribution in [3.8, 4) is 23.5 Å². The van der Waals surface area contributed by atoms with Crippen LogP contribution in [0.15, 0.2) is 10.6 Å². The van der Waals surface area contributed by atoms with E-state index >= 15 is 0 Å². The van der Waals surface area contributed by atoms with E-state index in [0.29, 0.717) is 40.0 Å². The third kappa shape index (κ3) is 4.38. The van der Waals surface area contributed by atoms with Crippen molar-refractivity contribution in [1.82, 2.24) is 24.9 Å². The molecule has 2 aliphatic carbocycles. The summed E-state index contributed by atoms with van der Waals surface area (Å²) in [7, 11) is 6.41. The molecule has 3 aromatic rings. The molecule has 2 N–H and O–H groups in total. The summed E-state index contributed by atoms with van der Waals surface area (Å²) in [5.74, 6) is 2.86. The Labute approximate surface area is 251 Å². The summed E-state index contributed by atoms with van der Waals surface area (Å²) in [4.78, 5) is 18.1. The third-order valence-corrected chi connectivity index (χ3v) is 11.2. The lowest BCUT2D eigenvalue weighted by molar-refractivity contribution is 0.117. The number of thiophene rings is 1. The van der Waals surface area contributed by atoms with Crippen molar-refractivity contribution in [2.75, 3.05) is 51.4 Å². The van der Waals surface area contributed by atoms with Gasteiger partial charge >= 0.3 is 0 Å². The molecule has 4 aliphatic rings. The molecule has 0 unspecified atom stereocenters. The summed E-state index contributed by atoms with van der Waals surface area (Å²) in [6, 6.07) is 5.25. The van der Waals surface area contributed by atoms with Gasteiger partial charge in [-0.1, -0.05) is 5.16 Å². The molecule has 2 saturated heterocycles. The first-order valence-corrected chi connectivity index (χ1v) is 16.1. The van der Waals surface area contributed by atoms with E-state index in [0.717, 1.165) is 87.3 Å². The molecule has 42 heavy (non-hydrogen) atoms. The molecular weight excluding hydrogens is 548 g/mol. The Morgan fingerprint density at radius 2 is 2.00 bits per heavy atom. The highest BCUT2D eigenvalue weighted by atomic mass is 32.1. The molecular formula is C31H40N8O2S. The molecule has 222 valence electrons. The van der Waals surface area contributed by atoms with Gasteiger partial charge in [-0.3, -0.25) is 4.90 Å². The average molecular weight is 589 g/mol. The number of likely N-dealkylation sites (N-methyl/N-ethyl adjacent to an activating group) is 2. The van der Waals surface area contributed by atoms with Gasteiger partial charge in [0.25, 0.3) is 0 Å². The number of hydrogen-bond donors (Lipinski definition) is 1. The molecule has 3 atom stereocenters. The van der Waals surface area contributed by atoms with Crippen LogP contribution in [0.25, 0.3) is 11.5 Å². The summed E-state index contributed by atoms with van der Waals surface area (Å²) >= 11 is 1.56. The van der Waals surface area contributed by atoms with Crippen molar-refractivity contribution in [3.05, 3.63) is 33.4 Å². The number of anilines is 2. The Hall–Kier alpha value is -3.20. The molecule has 0 aromatic carbocycles. The minimum Gasteiger partial charge on any atom is -0.473 e. The Balaban J connectivity index is 1.29. The van der Waals surface area contributed by atoms with Crippen LogP contribution in [0.1, 0.15) is 72.8 Å². The normalized spacial score (nSPS) is 24.9. The predicted molar refractivity (Wildman–Crippen MR) is 163 cm³/mol. The number of likely N-dealkylation sites (tertiary alicyclic amines) is 1. The second-order valence-electron chi connectivity index (χ2n) is 12.8. The topological polar surface area (TPSA) is 121 Å². The lowest BCUT2D eigenvalue weighted by Crippen LogP contribution is -2.57. The zero-order valence-corrected chi connectivity index (χ0v) is 25.8. The second-order valence-corrected chi connectivity index (χ2v) is 13.9. The number of aryl methyl sites for hydroxylation is 1. The summed E-state index contributed by atoms with van der Waals surface area (Å²) < 4.78 is 12.8. The zero-order valence-electron chi connectivity index (χ0n) is 25.0. The van der Waals surface area contributed by atoms with E-state index in [1.165, 1.54) is 11.3 Å². The van der Waals surface area contributed by atoms with E-state index < -0.39 is 0 Å². The lowest BCUT2D eigenvalue weighted by Gasteiger charge is -2.43. The van der Waals surface area contributed by atoms with Crippen molar-refractivity contribution in [3.63, 3.8) is 0 Å². The van der Waals surface area contributed by atoms with Crippen LogP contribution in [0.4, 0.5) is 10.8 Å². The van der Waals surface area contributed by atoms with Crippen LogP contribution in [0.3, 0.4) is 0 Å². The van der Waals surface area contributed by atoms with Gasteiger partial charge in [0.15, 0.2) is 17.3 Å². The van der Waals surface area contributed by atoms with Gasteiger partial charge in [0, 0.05) is 41.7 Å². The molecule has 11 heteroatoms. The monoisotopic (exact) mass is 588 g/mol. The number of nitriles is 1. The number of ether oxygens (including phenoxy) is 1. The Morgan fingerprint density at radius 1 is 1.21 bits per heavy atom. The zero-order chi connectivity index (χ0) is 29.2. The molecule has 1 spiro atoms. The fraction of sp³-hybridized carbons (Fsp3) is 0.613. The van der Waals surface area contributed by atoms with Crippen LogP contribution in [-0.4, -0.2) is 83.9 Å². The van der Waals surface area contributed by atoms with Gasteiger partial charge in [-0.15, -0.1) is 11.3 Å². The number of fused-ring (bicyclic) bond motifs is 4. The highest BCUT2D eigenvalue weighted by Gasteiger charge is 2.49. The minimum absolute atomic E-state index is 0.00243. The first-order chi connectivity index (χ1) is 20.3. The standard InChI is InChI=1S/C31H40N8O2S/c1-18(22-9-7-13-38(22)4)40-25-14-24(39-16-19(17-39)37(2)3)34-30(35-25)27-20-8-5-11-31(28(20)41-36-27)12-6-10-23-26(31)21(15-32)29(33)42-23/h14,18-19,22H,5-13,16-17,33H2,1-4H3/t18-,22-,31-/m0/s1. The fourth-order valence-corrected chi connectivity index (χ4v) is 8.89. The largest absolute Gasteiger partial charge is 0.473 e. The number of hydrogen-bond acceptors (Lipinski definition) is 11. The number of nitrogen functional groups attached to an aromatic ring is 1. The second kappa shape index (κ2) is 10.5. The van der Waals surface area contributed by atoms with Crippen LogP contribution < -0.4 is 15.4 Å². The van der Waals surface area contributed by atoms with Crippen LogP contribution in [0.2, 0.25) is 0 Å². The van der Waals surface area contributed by atoms with E-state index in [1.807, 2.05) is 6.07 Å². The Bertz CT molecular complexity index is 1530. The molecule has 2 aliphatic heterocycles. The van der Waals surface area contributed by atoms with Crippen LogP contribution in [0.5, 0.6) is 5.88 Å². The van der Waals surface area contributed by atoms with Crippen LogP contribution in [-0.2, 0) is 18.3 Å². The van der Waals surface area contributed by atoms with Gasteiger partial charge in [-0.25, -0.2) is 4.98 Å². The summed E-state index contributed by atoms with van der Waals surface area (Å²) in [6.45, 7) is 5.05. The molecule has 3 aromatic heterocycles. The van der Waals surface area contributed by atoms with Gasteiger partial charge < -0.3 is 24.8 Å². The van der Waals surface area contributed by atoms with E-state index in [-0.39, 0.29) is 11.5 Å². The quantitative estimate of drug-likeness (QED) is 0.448. The molecule has 0 saturated carbocycles. The highest BCUT2D eigenvalue weighted by molar-refractivity contribution is 7.16. The van der Waals surface area contributed by atoms with Gasteiger partial charge in [0.2, 0.25) is 5.88 Å². The predicted octanol–water partition coefficient (Wildman–Crippen LogP) is 4.22. The number of aromatic nitrogens is 3. The van der Waals surface area contributed by atoms with Crippen molar-refractivity contribution < 1.29 is 9.26 Å². The summed E-state index contributed by atoms with van der Waals surface area (Å²) in [5, 5.41) is 15.3. The smallest absolute Gasteiger partial charge is 0.219 e. The van der Waals surface area contributed by atoms with Gasteiger partial charge in [0.05, 0.1) is 11.0 Å². The first kappa shape index (κ1) is 27.6. The Kier molecular flexibility index (Phi) is 6.91. The van der Waals surface area contributed by atoms with E-state index in [2.05, 4.69) is 54.0 Å². The van der Waals surface area contributed by atoms with Crippen molar-refractivity contribution in [2.45, 2.75) is 81.9 Å². The van der Waals surface area contributed by atoms with Crippen molar-refractivity contribution >= 4 is 22.2 Å². The highest BCUT2D eigenvalue weighted by Crippen LogP contribution is 2.55. The van der Waals surface area contributed by atoms with E-state index in [4.69, 9.17) is 25.0 Å². The maximum Gasteiger partial charge on any atom is 0.219 e. The average Bonchev–Trinajstić information content (AvgIpc) is 3.64. The molecule has 7 rings (SSSR count). The minimum atomic E-state index is -0.374. The SMILES string of the molecule is C[C@H](Oc1cc(N2CC(N(C)C)C2)nc(-c2noc3c2CCC[C@@]32CCCc3sc(N)c(C#N)c32)n1)[C@@H]1CCCN1C. The van der Waals surface area contributed by atoms with Crippen molar-refractivity contribution in [1.29, 1.82) is 5.26 Å². The molecule has 0 amide bonds. The van der Waals surface area contributed by atoms with Crippen molar-refractivity contribution in [2.24, 2.45) is 0 Å². The summed E-state index contributed by atoms with van der Waals surface area (Å²) in [6.07, 6.45) is 7.97. The maximum atomic E-state index is 10.1. The molecule has 0 bridgehead atoms. The number of nitrogens with two attached hydrogens (primary N) is 1. The molecule has 2 fully saturated rings. The Morgan fingerprint density at radius 3 is 2.71 bits per heavy atom. The maximum absolute atomic E-state index is 10.1. The molecule has 5 heterocycles. The van der Waals surface area contributed by atoms with Gasteiger partial charge in [0.1, 0.15) is 23.0 Å². The number of nitrogens with zero attached hydrogens (tertiary/aromatic N) is 7. The van der Waals surface area contributed by atoms with Gasteiger partial charge in [-0.05, 0) is 91.5 Å². The van der Waals surface area contributed by atoms with Crippen LogP contribution in [0, 0.1) is 11.3 Å². The van der Waals surface area contributed by atoms with Crippen LogP contribution >= 0.6 is 11.3 Å². The molecule has 10 nitrogen and oxygen atoms in total. The lowest BCUT2D eigenvalue weighted by atomic mass is 9.63.